The second-order valence-corrected chi connectivity index (χ2v) is 5.52. The second-order valence-electron chi connectivity index (χ2n) is 5.52. The number of hydrogen-bond acceptors (Lipinski definition) is 3. The topological polar surface area (TPSA) is 64.3 Å². The smallest absolute Gasteiger partial charge is 0.223 e. The summed E-state index contributed by atoms with van der Waals surface area (Å²) in [6, 6.07) is 8.27. The van der Waals surface area contributed by atoms with Crippen molar-refractivity contribution in [2.45, 2.75) is 38.1 Å². The monoisotopic (exact) mass is 276 g/mol. The largest absolute Gasteiger partial charge is 0.497 e. The number of amides is 1. The molecule has 1 aromatic rings. The molecule has 110 valence electrons. The van der Waals surface area contributed by atoms with Crippen LogP contribution < -0.4 is 15.8 Å². The highest BCUT2D eigenvalue weighted by Crippen LogP contribution is 2.24. The van der Waals surface area contributed by atoms with E-state index in [2.05, 4.69) is 11.4 Å². The van der Waals surface area contributed by atoms with Crippen molar-refractivity contribution in [2.24, 2.45) is 11.7 Å². The lowest BCUT2D eigenvalue weighted by Gasteiger charge is -2.10. The molecule has 0 aliphatic heterocycles. The number of aryl methyl sites for hydroxylation is 1. The van der Waals surface area contributed by atoms with E-state index in [4.69, 9.17) is 10.5 Å². The molecule has 1 aliphatic carbocycles. The predicted molar refractivity (Wildman–Crippen MR) is 79.6 cm³/mol. The minimum absolute atomic E-state index is 0.127. The molecule has 1 aromatic carbocycles. The van der Waals surface area contributed by atoms with Crippen LogP contribution in [0.5, 0.6) is 5.75 Å². The predicted octanol–water partition coefficient (Wildman–Crippen LogP) is 1.87. The number of ether oxygens (including phenoxy) is 1. The van der Waals surface area contributed by atoms with Crippen molar-refractivity contribution in [1.29, 1.82) is 0 Å². The van der Waals surface area contributed by atoms with Crippen LogP contribution in [0.4, 0.5) is 0 Å². The Balaban J connectivity index is 1.67. The van der Waals surface area contributed by atoms with Gasteiger partial charge in [-0.3, -0.25) is 4.79 Å². The van der Waals surface area contributed by atoms with Crippen LogP contribution in [0.3, 0.4) is 0 Å². The summed E-state index contributed by atoms with van der Waals surface area (Å²) in [5, 5.41) is 3.02. The van der Waals surface area contributed by atoms with E-state index in [1.165, 1.54) is 5.56 Å². The van der Waals surface area contributed by atoms with Crippen molar-refractivity contribution >= 4 is 5.91 Å². The van der Waals surface area contributed by atoms with Crippen LogP contribution in [0.1, 0.15) is 31.2 Å². The molecule has 2 rings (SSSR count). The Bertz CT molecular complexity index is 448. The van der Waals surface area contributed by atoms with E-state index < -0.39 is 0 Å². The van der Waals surface area contributed by atoms with Crippen LogP contribution >= 0.6 is 0 Å². The van der Waals surface area contributed by atoms with Crippen molar-refractivity contribution in [2.75, 3.05) is 13.7 Å². The van der Waals surface area contributed by atoms with Crippen LogP contribution in [0.15, 0.2) is 24.3 Å². The van der Waals surface area contributed by atoms with Crippen LogP contribution in [-0.4, -0.2) is 25.6 Å². The zero-order valence-corrected chi connectivity index (χ0v) is 12.1. The summed E-state index contributed by atoms with van der Waals surface area (Å²) in [4.78, 5) is 11.9. The van der Waals surface area contributed by atoms with Gasteiger partial charge in [0.2, 0.25) is 5.91 Å². The van der Waals surface area contributed by atoms with Gasteiger partial charge in [-0.2, -0.15) is 0 Å². The lowest BCUT2D eigenvalue weighted by molar-refractivity contribution is -0.124. The zero-order chi connectivity index (χ0) is 14.4. The number of benzene rings is 1. The summed E-state index contributed by atoms with van der Waals surface area (Å²) in [5.41, 5.74) is 7.07. The van der Waals surface area contributed by atoms with Gasteiger partial charge in [0.25, 0.3) is 0 Å². The molecule has 2 unspecified atom stereocenters. The second kappa shape index (κ2) is 7.29. The van der Waals surface area contributed by atoms with Gasteiger partial charge in [0.1, 0.15) is 5.75 Å². The summed E-state index contributed by atoms with van der Waals surface area (Å²) in [7, 11) is 1.67. The lowest BCUT2D eigenvalue weighted by atomic mass is 10.1. The van der Waals surface area contributed by atoms with Crippen molar-refractivity contribution in [1.82, 2.24) is 5.32 Å². The van der Waals surface area contributed by atoms with Gasteiger partial charge in [-0.15, -0.1) is 0 Å². The first kappa shape index (κ1) is 14.9. The highest BCUT2D eigenvalue weighted by molar-refractivity contribution is 5.78. The molecule has 0 heterocycles. The van der Waals surface area contributed by atoms with Gasteiger partial charge < -0.3 is 15.8 Å². The molecular formula is C16H24N2O2. The molecule has 0 spiro atoms. The van der Waals surface area contributed by atoms with Gasteiger partial charge in [-0.25, -0.2) is 0 Å². The Labute approximate surface area is 120 Å². The summed E-state index contributed by atoms with van der Waals surface area (Å²) in [5.74, 6) is 1.18. The molecule has 4 nitrogen and oxygen atoms in total. The van der Waals surface area contributed by atoms with Crippen LogP contribution in [0.25, 0.3) is 0 Å². The van der Waals surface area contributed by atoms with Crippen molar-refractivity contribution in [3.05, 3.63) is 29.8 Å². The van der Waals surface area contributed by atoms with E-state index in [0.717, 1.165) is 44.4 Å². The molecule has 0 bridgehead atoms. The normalized spacial score (nSPS) is 21.7. The van der Waals surface area contributed by atoms with Crippen molar-refractivity contribution in [3.63, 3.8) is 0 Å². The van der Waals surface area contributed by atoms with Crippen LogP contribution in [0, 0.1) is 5.92 Å². The van der Waals surface area contributed by atoms with E-state index >= 15 is 0 Å². The summed E-state index contributed by atoms with van der Waals surface area (Å²) >= 11 is 0. The average Bonchev–Trinajstić information content (AvgIpc) is 2.90. The molecule has 1 aliphatic rings. The number of nitrogens with two attached hydrogens (primary N) is 1. The third-order valence-electron chi connectivity index (χ3n) is 3.92. The van der Waals surface area contributed by atoms with E-state index in [0.29, 0.717) is 0 Å². The third kappa shape index (κ3) is 4.23. The zero-order valence-electron chi connectivity index (χ0n) is 12.1. The Morgan fingerprint density at radius 2 is 2.30 bits per heavy atom. The fraction of sp³-hybridized carbons (Fsp3) is 0.562. The third-order valence-corrected chi connectivity index (χ3v) is 3.92. The average molecular weight is 276 g/mol. The van der Waals surface area contributed by atoms with Crippen molar-refractivity contribution < 1.29 is 9.53 Å². The van der Waals surface area contributed by atoms with E-state index in [9.17, 15) is 4.79 Å². The number of carbonyl (C=O) groups is 1. The van der Waals surface area contributed by atoms with Gasteiger partial charge >= 0.3 is 0 Å². The molecule has 3 N–H and O–H groups in total. The standard InChI is InChI=1S/C16H24N2O2/c1-20-15-6-2-4-12(10-15)5-3-9-18-16(19)13-7-8-14(17)11-13/h2,4,6,10,13-14H,3,5,7-9,11,17H2,1H3,(H,18,19). The van der Waals surface area contributed by atoms with E-state index in [1.807, 2.05) is 18.2 Å². The van der Waals surface area contributed by atoms with Gasteiger partial charge in [0.05, 0.1) is 7.11 Å². The lowest BCUT2D eigenvalue weighted by Crippen LogP contribution is -2.31. The van der Waals surface area contributed by atoms with Crippen LogP contribution in [0.2, 0.25) is 0 Å². The fourth-order valence-electron chi connectivity index (χ4n) is 2.73. The maximum Gasteiger partial charge on any atom is 0.223 e. The number of rotatable bonds is 6. The first-order chi connectivity index (χ1) is 9.69. The minimum atomic E-state index is 0.127. The molecule has 4 heteroatoms. The quantitative estimate of drug-likeness (QED) is 0.780. The molecule has 0 aromatic heterocycles. The molecule has 0 saturated heterocycles. The van der Waals surface area contributed by atoms with Gasteiger partial charge in [0, 0.05) is 18.5 Å². The van der Waals surface area contributed by atoms with Gasteiger partial charge in [-0.1, -0.05) is 12.1 Å². The highest BCUT2D eigenvalue weighted by Gasteiger charge is 2.27. The Kier molecular flexibility index (Phi) is 5.41. The number of hydrogen-bond donors (Lipinski definition) is 2. The number of nitrogens with one attached hydrogen (secondary N) is 1. The maximum atomic E-state index is 11.9. The van der Waals surface area contributed by atoms with Gasteiger partial charge in [0.15, 0.2) is 0 Å². The fourth-order valence-corrected chi connectivity index (χ4v) is 2.73. The molecule has 20 heavy (non-hydrogen) atoms. The first-order valence-corrected chi connectivity index (χ1v) is 7.35. The maximum absolute atomic E-state index is 11.9. The van der Waals surface area contributed by atoms with Crippen LogP contribution in [-0.2, 0) is 11.2 Å². The summed E-state index contributed by atoms with van der Waals surface area (Å²) in [6.45, 7) is 0.724. The Morgan fingerprint density at radius 3 is 3.00 bits per heavy atom. The van der Waals surface area contributed by atoms with Crippen molar-refractivity contribution in [3.8, 4) is 5.75 Å². The molecule has 2 atom stereocenters. The van der Waals surface area contributed by atoms with Gasteiger partial charge in [-0.05, 0) is 49.8 Å². The summed E-state index contributed by atoms with van der Waals surface area (Å²) in [6.07, 6.45) is 4.63. The number of methoxy groups -OCH3 is 1. The first-order valence-electron chi connectivity index (χ1n) is 7.35. The Morgan fingerprint density at radius 1 is 1.45 bits per heavy atom. The summed E-state index contributed by atoms with van der Waals surface area (Å²) < 4.78 is 5.20. The van der Waals surface area contributed by atoms with E-state index in [-0.39, 0.29) is 17.9 Å². The van der Waals surface area contributed by atoms with E-state index in [1.54, 1.807) is 7.11 Å². The molecular weight excluding hydrogens is 252 g/mol. The molecule has 1 saturated carbocycles. The molecule has 1 amide bonds. The highest BCUT2D eigenvalue weighted by atomic mass is 16.5. The SMILES string of the molecule is COc1cccc(CCCNC(=O)C2CCC(N)C2)c1. The minimum Gasteiger partial charge on any atom is -0.497 e. The molecule has 1 fully saturated rings. The molecule has 0 radical (unpaired) electrons. The number of carbonyl (C=O) groups excluding carboxylic acids is 1. The Hall–Kier alpha value is -1.55.